The number of primary amides is 1. The maximum absolute atomic E-state index is 12.5. The van der Waals surface area contributed by atoms with Crippen molar-refractivity contribution >= 4 is 17.6 Å². The highest BCUT2D eigenvalue weighted by molar-refractivity contribution is 5.93. The topological polar surface area (TPSA) is 97.6 Å². The Morgan fingerprint density at radius 3 is 2.76 bits per heavy atom. The Morgan fingerprint density at radius 2 is 2.00 bits per heavy atom. The third-order valence-corrected chi connectivity index (χ3v) is 4.09. The van der Waals surface area contributed by atoms with Gasteiger partial charge in [-0.15, -0.1) is 0 Å². The summed E-state index contributed by atoms with van der Waals surface area (Å²) in [7, 11) is 0. The van der Waals surface area contributed by atoms with Gasteiger partial charge in [0.1, 0.15) is 11.5 Å². The number of nitrogens with two attached hydrogens (primary N) is 1. The minimum Gasteiger partial charge on any atom is -0.457 e. The predicted octanol–water partition coefficient (Wildman–Crippen LogP) is 2.60. The average molecular weight is 340 g/mol. The Kier molecular flexibility index (Phi) is 5.13. The number of urea groups is 1. The zero-order valence-electron chi connectivity index (χ0n) is 13.7. The lowest BCUT2D eigenvalue weighted by molar-refractivity contribution is -0.121. The van der Waals surface area contributed by atoms with Gasteiger partial charge < -0.3 is 20.7 Å². The molecule has 1 atom stereocenters. The smallest absolute Gasteiger partial charge is 0.314 e. The van der Waals surface area contributed by atoms with Gasteiger partial charge in [-0.1, -0.05) is 6.07 Å². The highest BCUT2D eigenvalue weighted by Gasteiger charge is 2.27. The molecule has 0 spiro atoms. The number of likely N-dealkylation sites (tertiary alicyclic amines) is 1. The normalized spacial score (nSPS) is 17.0. The second-order valence-electron chi connectivity index (χ2n) is 5.93. The lowest BCUT2D eigenvalue weighted by Gasteiger charge is -2.30. The Morgan fingerprint density at radius 1 is 1.20 bits per heavy atom. The average Bonchev–Trinajstić information content (AvgIpc) is 2.63. The van der Waals surface area contributed by atoms with E-state index in [1.54, 1.807) is 36.7 Å². The molecular weight excluding hydrogens is 320 g/mol. The van der Waals surface area contributed by atoms with Crippen LogP contribution in [0, 0.1) is 5.92 Å². The summed E-state index contributed by atoms with van der Waals surface area (Å²) in [5.74, 6) is 0.910. The molecule has 1 aromatic carbocycles. The number of nitrogens with zero attached hydrogens (tertiary/aromatic N) is 2. The van der Waals surface area contributed by atoms with Crippen molar-refractivity contribution in [1.29, 1.82) is 0 Å². The summed E-state index contributed by atoms with van der Waals surface area (Å²) >= 11 is 0. The van der Waals surface area contributed by atoms with E-state index in [-0.39, 0.29) is 11.8 Å². The quantitative estimate of drug-likeness (QED) is 0.894. The monoisotopic (exact) mass is 340 g/mol. The molecule has 2 aromatic rings. The molecule has 25 heavy (non-hydrogen) atoms. The number of hydrogen-bond donors (Lipinski definition) is 2. The van der Waals surface area contributed by atoms with Crippen LogP contribution < -0.4 is 15.8 Å². The summed E-state index contributed by atoms with van der Waals surface area (Å²) in [6.07, 6.45) is 4.80. The molecule has 1 aliphatic rings. The second kappa shape index (κ2) is 7.65. The van der Waals surface area contributed by atoms with Crippen molar-refractivity contribution in [2.24, 2.45) is 11.7 Å². The van der Waals surface area contributed by atoms with Gasteiger partial charge in [0.15, 0.2) is 0 Å². The van der Waals surface area contributed by atoms with E-state index in [1.165, 1.54) is 4.90 Å². The van der Waals surface area contributed by atoms with Crippen LogP contribution in [-0.4, -0.2) is 34.9 Å². The van der Waals surface area contributed by atoms with Crippen LogP contribution in [0.2, 0.25) is 0 Å². The SMILES string of the molecule is NC(=O)N1CCCC(C(=O)Nc2cccc(Oc3ccncc3)c2)C1. The zero-order valence-corrected chi connectivity index (χ0v) is 13.7. The van der Waals surface area contributed by atoms with Gasteiger partial charge in [0, 0.05) is 37.2 Å². The number of hydrogen-bond acceptors (Lipinski definition) is 4. The molecule has 0 saturated carbocycles. The van der Waals surface area contributed by atoms with Gasteiger partial charge >= 0.3 is 6.03 Å². The first kappa shape index (κ1) is 16.8. The third kappa shape index (κ3) is 4.47. The third-order valence-electron chi connectivity index (χ3n) is 4.09. The Balaban J connectivity index is 1.63. The highest BCUT2D eigenvalue weighted by atomic mass is 16.5. The summed E-state index contributed by atoms with van der Waals surface area (Å²) in [5.41, 5.74) is 5.96. The minimum absolute atomic E-state index is 0.119. The van der Waals surface area contributed by atoms with E-state index in [0.717, 1.165) is 12.8 Å². The van der Waals surface area contributed by atoms with Crippen LogP contribution in [0.3, 0.4) is 0 Å². The van der Waals surface area contributed by atoms with Crippen LogP contribution in [0.1, 0.15) is 12.8 Å². The molecule has 1 fully saturated rings. The fourth-order valence-corrected chi connectivity index (χ4v) is 2.82. The summed E-state index contributed by atoms with van der Waals surface area (Å²) in [6.45, 7) is 0.961. The molecule has 130 valence electrons. The van der Waals surface area contributed by atoms with Crippen LogP contribution in [0.4, 0.5) is 10.5 Å². The lowest BCUT2D eigenvalue weighted by atomic mass is 9.97. The predicted molar refractivity (Wildman–Crippen MR) is 93.3 cm³/mol. The van der Waals surface area contributed by atoms with Gasteiger partial charge in [0.2, 0.25) is 5.91 Å². The van der Waals surface area contributed by atoms with Gasteiger partial charge in [-0.2, -0.15) is 0 Å². The molecule has 3 N–H and O–H groups in total. The van der Waals surface area contributed by atoms with Crippen molar-refractivity contribution in [2.45, 2.75) is 12.8 Å². The van der Waals surface area contributed by atoms with Crippen LogP contribution in [0.5, 0.6) is 11.5 Å². The van der Waals surface area contributed by atoms with Crippen LogP contribution in [0.15, 0.2) is 48.8 Å². The minimum atomic E-state index is -0.481. The first-order valence-corrected chi connectivity index (χ1v) is 8.15. The number of ether oxygens (including phenoxy) is 1. The van der Waals surface area contributed by atoms with E-state index in [9.17, 15) is 9.59 Å². The molecule has 1 aliphatic heterocycles. The molecule has 1 aromatic heterocycles. The molecule has 0 radical (unpaired) electrons. The molecule has 7 heteroatoms. The summed E-state index contributed by atoms with van der Waals surface area (Å²) < 4.78 is 5.73. The highest BCUT2D eigenvalue weighted by Crippen LogP contribution is 2.24. The van der Waals surface area contributed by atoms with Crippen molar-refractivity contribution < 1.29 is 14.3 Å². The van der Waals surface area contributed by atoms with Crippen molar-refractivity contribution in [3.63, 3.8) is 0 Å². The maximum atomic E-state index is 12.5. The van der Waals surface area contributed by atoms with E-state index in [4.69, 9.17) is 10.5 Å². The molecule has 7 nitrogen and oxygen atoms in total. The molecule has 1 saturated heterocycles. The number of carbonyl (C=O) groups excluding carboxylic acids is 2. The number of anilines is 1. The molecule has 2 heterocycles. The van der Waals surface area contributed by atoms with Crippen molar-refractivity contribution in [2.75, 3.05) is 18.4 Å². The number of carbonyl (C=O) groups is 2. The number of piperidine rings is 1. The van der Waals surface area contributed by atoms with E-state index < -0.39 is 6.03 Å². The van der Waals surface area contributed by atoms with E-state index >= 15 is 0 Å². The molecule has 3 rings (SSSR count). The van der Waals surface area contributed by atoms with Crippen LogP contribution in [-0.2, 0) is 4.79 Å². The molecule has 3 amide bonds. The van der Waals surface area contributed by atoms with E-state index in [0.29, 0.717) is 30.3 Å². The van der Waals surface area contributed by atoms with E-state index in [2.05, 4.69) is 10.3 Å². The zero-order chi connectivity index (χ0) is 17.6. The van der Waals surface area contributed by atoms with Crippen LogP contribution >= 0.6 is 0 Å². The first-order valence-electron chi connectivity index (χ1n) is 8.15. The van der Waals surface area contributed by atoms with Gasteiger partial charge in [-0.3, -0.25) is 9.78 Å². The first-order chi connectivity index (χ1) is 12.1. The molecular formula is C18H20N4O3. The summed E-state index contributed by atoms with van der Waals surface area (Å²) in [4.78, 5) is 29.2. The number of benzene rings is 1. The molecule has 1 unspecified atom stereocenters. The number of pyridine rings is 1. The van der Waals surface area contributed by atoms with Gasteiger partial charge in [0.25, 0.3) is 0 Å². The summed E-state index contributed by atoms with van der Waals surface area (Å²) in [5, 5.41) is 2.89. The van der Waals surface area contributed by atoms with Gasteiger partial charge in [0.05, 0.1) is 5.92 Å². The fourth-order valence-electron chi connectivity index (χ4n) is 2.82. The number of nitrogens with one attached hydrogen (secondary N) is 1. The van der Waals surface area contributed by atoms with Gasteiger partial charge in [-0.25, -0.2) is 4.79 Å². The summed E-state index contributed by atoms with van der Waals surface area (Å²) in [6, 6.07) is 10.2. The maximum Gasteiger partial charge on any atom is 0.314 e. The second-order valence-corrected chi connectivity index (χ2v) is 5.93. The standard InChI is InChI=1S/C18H20N4O3/c19-18(24)22-10-2-3-13(12-22)17(23)21-14-4-1-5-16(11-14)25-15-6-8-20-9-7-15/h1,4-9,11,13H,2-3,10,12H2,(H2,19,24)(H,21,23). The number of aromatic nitrogens is 1. The van der Waals surface area contributed by atoms with Crippen LogP contribution in [0.25, 0.3) is 0 Å². The van der Waals surface area contributed by atoms with Crippen molar-refractivity contribution in [3.8, 4) is 11.5 Å². The van der Waals surface area contributed by atoms with E-state index in [1.807, 2.05) is 12.1 Å². The molecule has 0 aliphatic carbocycles. The van der Waals surface area contributed by atoms with Crippen molar-refractivity contribution in [3.05, 3.63) is 48.8 Å². The Hall–Kier alpha value is -3.09. The Bertz CT molecular complexity index is 751. The fraction of sp³-hybridized carbons (Fsp3) is 0.278. The molecule has 0 bridgehead atoms. The number of rotatable bonds is 4. The van der Waals surface area contributed by atoms with Crippen molar-refractivity contribution in [1.82, 2.24) is 9.88 Å². The lowest BCUT2D eigenvalue weighted by Crippen LogP contribution is -2.46. The largest absolute Gasteiger partial charge is 0.457 e. The number of amides is 3. The Labute approximate surface area is 145 Å². The van der Waals surface area contributed by atoms with Gasteiger partial charge in [-0.05, 0) is 37.1 Å².